The summed E-state index contributed by atoms with van der Waals surface area (Å²) in [4.78, 5) is 28.1. The lowest BCUT2D eigenvalue weighted by Gasteiger charge is -2.47. The third kappa shape index (κ3) is 3.82. The highest BCUT2D eigenvalue weighted by molar-refractivity contribution is 6.01. The highest BCUT2D eigenvalue weighted by Gasteiger charge is 2.43. The number of Topliss-reactive ketones (excluding diaryl/α,β-unsaturated/α-hetero) is 1. The van der Waals surface area contributed by atoms with Crippen molar-refractivity contribution < 1.29 is 14.3 Å². The molecule has 3 aromatic rings. The maximum absolute atomic E-state index is 13.3. The van der Waals surface area contributed by atoms with Crippen LogP contribution in [-0.2, 0) is 18.4 Å². The molecule has 2 aliphatic heterocycles. The molecule has 0 spiro atoms. The molecule has 6 nitrogen and oxygen atoms in total. The van der Waals surface area contributed by atoms with Gasteiger partial charge >= 0.3 is 6.09 Å². The number of hydrogen-bond donors (Lipinski definition) is 0. The Hall–Kier alpha value is -3.15. The van der Waals surface area contributed by atoms with Crippen molar-refractivity contribution in [1.29, 1.82) is 0 Å². The van der Waals surface area contributed by atoms with E-state index in [-0.39, 0.29) is 36.5 Å². The summed E-state index contributed by atoms with van der Waals surface area (Å²) < 4.78 is 7.43. The van der Waals surface area contributed by atoms with Gasteiger partial charge in [-0.2, -0.15) is 5.10 Å². The van der Waals surface area contributed by atoms with Crippen molar-refractivity contribution in [3.63, 3.8) is 0 Å². The van der Waals surface area contributed by atoms with Gasteiger partial charge in [-0.05, 0) is 43.7 Å². The van der Waals surface area contributed by atoms with Gasteiger partial charge in [0.25, 0.3) is 0 Å². The van der Waals surface area contributed by atoms with Crippen molar-refractivity contribution in [1.82, 2.24) is 14.7 Å². The average Bonchev–Trinajstić information content (AvgIpc) is 3.17. The standard InChI is InChI=1S/C25H27N3O3/c1-27-23-14-18(10-11-19(23)15-26-27)24(29)20-12-21-8-5-9-22(13-20)28(21)25(30)31-16-17-6-3-2-4-7-17/h2-4,6-7,10-11,14-15,20-22H,5,8-9,12-13,16H2,1H3. The molecule has 1 aromatic heterocycles. The van der Waals surface area contributed by atoms with Crippen LogP contribution in [0.25, 0.3) is 10.9 Å². The number of amides is 1. The molecule has 2 atom stereocenters. The second-order valence-corrected chi connectivity index (χ2v) is 8.76. The summed E-state index contributed by atoms with van der Waals surface area (Å²) in [5.74, 6) is 0.122. The minimum absolute atomic E-state index is 0.0563. The van der Waals surface area contributed by atoms with Gasteiger partial charge in [-0.1, -0.05) is 42.5 Å². The number of piperidine rings is 2. The predicted octanol–water partition coefficient (Wildman–Crippen LogP) is 4.73. The molecule has 160 valence electrons. The van der Waals surface area contributed by atoms with Crippen molar-refractivity contribution in [2.45, 2.75) is 50.8 Å². The minimum Gasteiger partial charge on any atom is -0.445 e. The van der Waals surface area contributed by atoms with E-state index in [1.165, 1.54) is 0 Å². The lowest BCUT2D eigenvalue weighted by Crippen LogP contribution is -2.55. The maximum atomic E-state index is 13.3. The summed E-state index contributed by atoms with van der Waals surface area (Å²) in [6, 6.07) is 15.7. The first kappa shape index (κ1) is 19.8. The molecule has 1 amide bonds. The number of aryl methyl sites for hydroxylation is 1. The number of hydrogen-bond acceptors (Lipinski definition) is 4. The van der Waals surface area contributed by atoms with E-state index in [1.807, 2.05) is 66.7 Å². The van der Waals surface area contributed by atoms with Crippen molar-refractivity contribution in [2.75, 3.05) is 0 Å². The third-order valence-corrected chi connectivity index (χ3v) is 6.80. The van der Waals surface area contributed by atoms with Crippen molar-refractivity contribution >= 4 is 22.8 Å². The van der Waals surface area contributed by atoms with E-state index in [1.54, 1.807) is 4.68 Å². The summed E-state index contributed by atoms with van der Waals surface area (Å²) in [7, 11) is 1.89. The van der Waals surface area contributed by atoms with Crippen LogP contribution < -0.4 is 0 Å². The van der Waals surface area contributed by atoms with Crippen LogP contribution in [0.5, 0.6) is 0 Å². The van der Waals surface area contributed by atoms with E-state index in [0.29, 0.717) is 12.8 Å². The van der Waals surface area contributed by atoms with Gasteiger partial charge < -0.3 is 9.64 Å². The van der Waals surface area contributed by atoms with Gasteiger partial charge in [0.15, 0.2) is 5.78 Å². The summed E-state index contributed by atoms with van der Waals surface area (Å²) in [5.41, 5.74) is 2.68. The quantitative estimate of drug-likeness (QED) is 0.576. The smallest absolute Gasteiger partial charge is 0.410 e. The number of nitrogens with zero attached hydrogens (tertiary/aromatic N) is 3. The van der Waals surface area contributed by atoms with Crippen LogP contribution in [0, 0.1) is 5.92 Å². The highest BCUT2D eigenvalue weighted by atomic mass is 16.6. The Labute approximate surface area is 181 Å². The fourth-order valence-corrected chi connectivity index (χ4v) is 5.22. The molecule has 0 saturated carbocycles. The van der Waals surface area contributed by atoms with Gasteiger partial charge in [-0.15, -0.1) is 0 Å². The van der Waals surface area contributed by atoms with Crippen molar-refractivity contribution in [3.8, 4) is 0 Å². The van der Waals surface area contributed by atoms with Gasteiger partial charge in [-0.25, -0.2) is 4.79 Å². The van der Waals surface area contributed by atoms with Gasteiger partial charge in [0.05, 0.1) is 11.7 Å². The molecule has 0 aliphatic carbocycles. The SMILES string of the molecule is Cn1ncc2ccc(C(=O)C3CC4CCCC(C3)N4C(=O)OCc3ccccc3)cc21. The van der Waals surface area contributed by atoms with E-state index >= 15 is 0 Å². The normalized spacial score (nSPS) is 23.0. The molecule has 0 radical (unpaired) electrons. The molecular formula is C25H27N3O3. The number of fused-ring (bicyclic) bond motifs is 3. The van der Waals surface area contributed by atoms with E-state index in [4.69, 9.17) is 4.74 Å². The Balaban J connectivity index is 1.29. The molecule has 0 N–H and O–H groups in total. The Bertz CT molecular complexity index is 1090. The molecule has 2 fully saturated rings. The Morgan fingerprint density at radius 1 is 1.06 bits per heavy atom. The van der Waals surface area contributed by atoms with E-state index < -0.39 is 0 Å². The summed E-state index contributed by atoms with van der Waals surface area (Å²) in [6.07, 6.45) is 5.94. The molecule has 31 heavy (non-hydrogen) atoms. The number of benzene rings is 2. The largest absolute Gasteiger partial charge is 0.445 e. The monoisotopic (exact) mass is 417 g/mol. The van der Waals surface area contributed by atoms with E-state index in [2.05, 4.69) is 5.10 Å². The lowest BCUT2D eigenvalue weighted by molar-refractivity contribution is 0.00473. The number of ketones is 1. The fraction of sp³-hybridized carbons (Fsp3) is 0.400. The van der Waals surface area contributed by atoms with Crippen molar-refractivity contribution in [3.05, 3.63) is 65.9 Å². The van der Waals surface area contributed by atoms with E-state index in [9.17, 15) is 9.59 Å². The van der Waals surface area contributed by atoms with Crippen LogP contribution in [0.1, 0.15) is 48.0 Å². The lowest BCUT2D eigenvalue weighted by atomic mass is 9.76. The van der Waals surface area contributed by atoms with Gasteiger partial charge in [0.1, 0.15) is 6.61 Å². The minimum atomic E-state index is -0.249. The van der Waals surface area contributed by atoms with Gasteiger partial charge in [0, 0.05) is 36.0 Å². The Kier molecular flexibility index (Phi) is 5.22. The highest BCUT2D eigenvalue weighted by Crippen LogP contribution is 2.39. The fourth-order valence-electron chi connectivity index (χ4n) is 5.22. The second kappa shape index (κ2) is 8.17. The van der Waals surface area contributed by atoms with Crippen molar-refractivity contribution in [2.24, 2.45) is 13.0 Å². The van der Waals surface area contributed by atoms with Gasteiger partial charge in [0.2, 0.25) is 0 Å². The van der Waals surface area contributed by atoms with Crippen LogP contribution in [0.4, 0.5) is 4.79 Å². The first-order valence-electron chi connectivity index (χ1n) is 11.0. The maximum Gasteiger partial charge on any atom is 0.410 e. The van der Waals surface area contributed by atoms with Crippen LogP contribution in [0.15, 0.2) is 54.7 Å². The predicted molar refractivity (Wildman–Crippen MR) is 118 cm³/mol. The summed E-state index contributed by atoms with van der Waals surface area (Å²) in [5, 5.41) is 5.31. The first-order valence-corrected chi connectivity index (χ1v) is 11.0. The summed E-state index contributed by atoms with van der Waals surface area (Å²) in [6.45, 7) is 0.280. The average molecular weight is 418 g/mol. The molecule has 6 heteroatoms. The number of rotatable bonds is 4. The number of aromatic nitrogens is 2. The second-order valence-electron chi connectivity index (χ2n) is 8.76. The third-order valence-electron chi connectivity index (χ3n) is 6.80. The zero-order chi connectivity index (χ0) is 21.4. The molecular weight excluding hydrogens is 390 g/mol. The number of ether oxygens (including phenoxy) is 1. The summed E-state index contributed by atoms with van der Waals surface area (Å²) >= 11 is 0. The van der Waals surface area contributed by atoms with Crippen LogP contribution in [-0.4, -0.2) is 38.6 Å². The van der Waals surface area contributed by atoms with Gasteiger partial charge in [-0.3, -0.25) is 9.48 Å². The number of carbonyl (C=O) groups excluding carboxylic acids is 2. The molecule has 2 aliphatic rings. The molecule has 2 saturated heterocycles. The molecule has 5 rings (SSSR count). The zero-order valence-electron chi connectivity index (χ0n) is 17.7. The van der Waals surface area contributed by atoms with E-state index in [0.717, 1.165) is 41.3 Å². The first-order chi connectivity index (χ1) is 15.1. The number of carbonyl (C=O) groups is 2. The molecule has 2 bridgehead atoms. The van der Waals surface area contributed by atoms with Crippen LogP contribution in [0.3, 0.4) is 0 Å². The van der Waals surface area contributed by atoms with Crippen LogP contribution in [0.2, 0.25) is 0 Å². The van der Waals surface area contributed by atoms with Crippen LogP contribution >= 0.6 is 0 Å². The topological polar surface area (TPSA) is 64.4 Å². The molecule has 3 heterocycles. The Morgan fingerprint density at radius 3 is 2.55 bits per heavy atom. The molecule has 2 unspecified atom stereocenters. The molecule has 2 aromatic carbocycles. The zero-order valence-corrected chi connectivity index (χ0v) is 17.7. The Morgan fingerprint density at radius 2 is 1.81 bits per heavy atom.